The number of benzene rings is 2. The molecule has 0 amide bonds. The first kappa shape index (κ1) is 20.4. The van der Waals surface area contributed by atoms with Crippen LogP contribution in [0.4, 0.5) is 0 Å². The molecule has 0 radical (unpaired) electrons. The summed E-state index contributed by atoms with van der Waals surface area (Å²) in [5.74, 6) is 1.82. The fourth-order valence-corrected chi connectivity index (χ4v) is 3.43. The molecule has 0 bridgehead atoms. The molecule has 28 heavy (non-hydrogen) atoms. The fourth-order valence-electron chi connectivity index (χ4n) is 3.43. The first-order chi connectivity index (χ1) is 13.3. The zero-order chi connectivity index (χ0) is 18.5. The van der Waals surface area contributed by atoms with Gasteiger partial charge in [-0.15, -0.1) is 24.0 Å². The van der Waals surface area contributed by atoms with Crippen LogP contribution in [0.2, 0.25) is 0 Å². The number of nitrogens with one attached hydrogen (secondary N) is 2. The second kappa shape index (κ2) is 9.73. The molecule has 146 valence electrons. The minimum absolute atomic E-state index is 0. The molecule has 0 aliphatic carbocycles. The summed E-state index contributed by atoms with van der Waals surface area (Å²) >= 11 is 0. The number of aromatic nitrogens is 1. The summed E-state index contributed by atoms with van der Waals surface area (Å²) in [6, 6.07) is 16.8. The van der Waals surface area contributed by atoms with Crippen LogP contribution in [0, 0.1) is 0 Å². The van der Waals surface area contributed by atoms with Gasteiger partial charge in [0.1, 0.15) is 5.75 Å². The van der Waals surface area contributed by atoms with Crippen molar-refractivity contribution in [2.75, 3.05) is 20.2 Å². The van der Waals surface area contributed by atoms with E-state index in [1.54, 1.807) is 7.05 Å². The van der Waals surface area contributed by atoms with Crippen molar-refractivity contribution in [2.45, 2.75) is 19.4 Å². The summed E-state index contributed by atoms with van der Waals surface area (Å²) < 4.78 is 5.57. The quantitative estimate of drug-likeness (QED) is 0.327. The molecule has 6 heteroatoms. The maximum Gasteiger partial charge on any atom is 0.191 e. The molecular weight excluding hydrogens is 463 g/mol. The average Bonchev–Trinajstić information content (AvgIpc) is 3.18. The van der Waals surface area contributed by atoms with E-state index in [0.29, 0.717) is 6.54 Å². The number of hydrogen-bond donors (Lipinski definition) is 2. The van der Waals surface area contributed by atoms with Crippen molar-refractivity contribution >= 4 is 40.7 Å². The third kappa shape index (κ3) is 4.73. The Labute approximate surface area is 182 Å². The van der Waals surface area contributed by atoms with E-state index >= 15 is 0 Å². The van der Waals surface area contributed by atoms with Crippen LogP contribution in [0.5, 0.6) is 5.75 Å². The predicted octanol–water partition coefficient (Wildman–Crippen LogP) is 3.70. The van der Waals surface area contributed by atoms with E-state index < -0.39 is 0 Å². The molecule has 1 aromatic heterocycles. The van der Waals surface area contributed by atoms with Gasteiger partial charge in [0.2, 0.25) is 0 Å². The fraction of sp³-hybridized carbons (Fsp3) is 0.273. The Bertz CT molecular complexity index is 968. The number of nitrogens with zero attached hydrogens (tertiary/aromatic N) is 2. The maximum atomic E-state index is 5.57. The average molecular weight is 488 g/mol. The Morgan fingerprint density at radius 1 is 1.14 bits per heavy atom. The highest BCUT2D eigenvalue weighted by molar-refractivity contribution is 14.0. The zero-order valence-electron chi connectivity index (χ0n) is 15.9. The molecule has 0 saturated heterocycles. The van der Waals surface area contributed by atoms with Gasteiger partial charge in [0.25, 0.3) is 0 Å². The number of rotatable bonds is 5. The van der Waals surface area contributed by atoms with Crippen LogP contribution in [0.15, 0.2) is 59.7 Å². The first-order valence-electron chi connectivity index (χ1n) is 9.35. The Morgan fingerprint density at radius 2 is 2.04 bits per heavy atom. The summed E-state index contributed by atoms with van der Waals surface area (Å²) in [5, 5.41) is 9.12. The second-order valence-corrected chi connectivity index (χ2v) is 6.62. The summed E-state index contributed by atoms with van der Waals surface area (Å²) in [7, 11) is 1.79. The van der Waals surface area contributed by atoms with E-state index in [1.807, 2.05) is 24.4 Å². The van der Waals surface area contributed by atoms with E-state index in [2.05, 4.69) is 50.9 Å². The lowest BCUT2D eigenvalue weighted by Crippen LogP contribution is -2.38. The van der Waals surface area contributed by atoms with Crippen molar-refractivity contribution < 1.29 is 4.74 Å². The minimum atomic E-state index is 0. The Kier molecular flexibility index (Phi) is 7.08. The zero-order valence-corrected chi connectivity index (χ0v) is 18.3. The van der Waals surface area contributed by atoms with Crippen LogP contribution >= 0.6 is 24.0 Å². The van der Waals surface area contributed by atoms with Crippen LogP contribution in [-0.2, 0) is 19.4 Å². The third-order valence-corrected chi connectivity index (χ3v) is 4.86. The normalized spacial score (nSPS) is 12.8. The van der Waals surface area contributed by atoms with Gasteiger partial charge in [-0.3, -0.25) is 9.98 Å². The number of aliphatic imine (C=N–C) groups is 1. The van der Waals surface area contributed by atoms with Gasteiger partial charge in [-0.2, -0.15) is 0 Å². The molecular formula is C22H25IN4O. The molecule has 3 aromatic rings. The predicted molar refractivity (Wildman–Crippen MR) is 125 cm³/mol. The monoisotopic (exact) mass is 488 g/mol. The molecule has 2 N–H and O–H groups in total. The van der Waals surface area contributed by atoms with Crippen molar-refractivity contribution in [2.24, 2.45) is 4.99 Å². The Morgan fingerprint density at radius 3 is 2.93 bits per heavy atom. The molecule has 5 nitrogen and oxygen atoms in total. The highest BCUT2D eigenvalue weighted by Gasteiger charge is 2.11. The number of fused-ring (bicyclic) bond motifs is 2. The van der Waals surface area contributed by atoms with E-state index in [-0.39, 0.29) is 24.0 Å². The Balaban J connectivity index is 0.00000225. The smallest absolute Gasteiger partial charge is 0.191 e. The number of guanidine groups is 1. The first-order valence-corrected chi connectivity index (χ1v) is 9.35. The molecule has 1 aliphatic heterocycles. The maximum absolute atomic E-state index is 5.57. The summed E-state index contributed by atoms with van der Waals surface area (Å²) in [6.07, 6.45) is 3.81. The topological polar surface area (TPSA) is 58.5 Å². The number of ether oxygens (including phenoxy) is 1. The number of pyridine rings is 1. The molecule has 0 atom stereocenters. The summed E-state index contributed by atoms with van der Waals surface area (Å²) in [6.45, 7) is 2.26. The molecule has 4 rings (SSSR count). The van der Waals surface area contributed by atoms with Gasteiger partial charge < -0.3 is 15.4 Å². The van der Waals surface area contributed by atoms with E-state index in [1.165, 1.54) is 21.9 Å². The van der Waals surface area contributed by atoms with Gasteiger partial charge in [-0.25, -0.2) is 0 Å². The van der Waals surface area contributed by atoms with Crippen molar-refractivity contribution in [3.05, 3.63) is 71.5 Å². The van der Waals surface area contributed by atoms with Crippen molar-refractivity contribution in [3.8, 4) is 5.75 Å². The lowest BCUT2D eigenvalue weighted by atomic mass is 10.1. The molecule has 0 unspecified atom stereocenters. The van der Waals surface area contributed by atoms with Gasteiger partial charge >= 0.3 is 0 Å². The standard InChI is InChI=1S/C22H24N4O.HI/c1-23-22(25-11-8-16-6-7-21-18(14-16)10-13-27-21)26-15-20-19-5-3-2-4-17(19)9-12-24-20;/h2-7,9,12,14H,8,10-11,13,15H2,1H3,(H2,23,25,26);1H. The lowest BCUT2D eigenvalue weighted by Gasteiger charge is -2.13. The van der Waals surface area contributed by atoms with Crippen LogP contribution in [-0.4, -0.2) is 31.1 Å². The molecule has 1 aliphatic rings. The SMILES string of the molecule is CN=C(NCCc1ccc2c(c1)CCO2)NCc1nccc2ccccc12.I. The molecule has 2 heterocycles. The van der Waals surface area contributed by atoms with Crippen LogP contribution in [0.25, 0.3) is 10.8 Å². The lowest BCUT2D eigenvalue weighted by molar-refractivity contribution is 0.357. The van der Waals surface area contributed by atoms with Gasteiger partial charge in [0.05, 0.1) is 18.8 Å². The third-order valence-electron chi connectivity index (χ3n) is 4.86. The molecule has 0 saturated carbocycles. The van der Waals surface area contributed by atoms with E-state index in [4.69, 9.17) is 4.74 Å². The van der Waals surface area contributed by atoms with Gasteiger partial charge in [0, 0.05) is 31.6 Å². The minimum Gasteiger partial charge on any atom is -0.493 e. The van der Waals surface area contributed by atoms with Crippen LogP contribution < -0.4 is 15.4 Å². The molecule has 0 spiro atoms. The summed E-state index contributed by atoms with van der Waals surface area (Å²) in [4.78, 5) is 8.84. The Hall–Kier alpha value is -2.35. The molecule has 0 fully saturated rings. The second-order valence-electron chi connectivity index (χ2n) is 6.62. The van der Waals surface area contributed by atoms with Crippen molar-refractivity contribution in [3.63, 3.8) is 0 Å². The molecule has 2 aromatic carbocycles. The number of hydrogen-bond acceptors (Lipinski definition) is 3. The van der Waals surface area contributed by atoms with Crippen LogP contribution in [0.1, 0.15) is 16.8 Å². The highest BCUT2D eigenvalue weighted by Crippen LogP contribution is 2.25. The largest absolute Gasteiger partial charge is 0.493 e. The van der Waals surface area contributed by atoms with Gasteiger partial charge in [0.15, 0.2) is 5.96 Å². The van der Waals surface area contributed by atoms with E-state index in [0.717, 1.165) is 43.4 Å². The van der Waals surface area contributed by atoms with Crippen molar-refractivity contribution in [1.82, 2.24) is 15.6 Å². The van der Waals surface area contributed by atoms with Crippen molar-refractivity contribution in [1.29, 1.82) is 0 Å². The highest BCUT2D eigenvalue weighted by atomic mass is 127. The van der Waals surface area contributed by atoms with Crippen LogP contribution in [0.3, 0.4) is 0 Å². The van der Waals surface area contributed by atoms with Gasteiger partial charge in [-0.05, 0) is 35.1 Å². The summed E-state index contributed by atoms with van der Waals surface area (Å²) in [5.41, 5.74) is 3.66. The van der Waals surface area contributed by atoms with Gasteiger partial charge in [-0.1, -0.05) is 36.4 Å². The van der Waals surface area contributed by atoms with E-state index in [9.17, 15) is 0 Å². The number of halogens is 1.